The molecule has 7 heteroatoms. The summed E-state index contributed by atoms with van der Waals surface area (Å²) in [6.45, 7) is 5.14. The van der Waals surface area contributed by atoms with Crippen LogP contribution in [0.1, 0.15) is 5.56 Å². The van der Waals surface area contributed by atoms with E-state index in [0.717, 1.165) is 4.31 Å². The third-order valence-corrected chi connectivity index (χ3v) is 5.75. The zero-order valence-electron chi connectivity index (χ0n) is 13.8. The lowest BCUT2D eigenvalue weighted by atomic mass is 10.2. The number of carbonyl (C=O) groups is 1. The molecule has 0 fully saturated rings. The molecular weight excluding hydrogens is 360 g/mol. The largest absolute Gasteiger partial charge is 0.351 e. The van der Waals surface area contributed by atoms with Crippen molar-refractivity contribution >= 4 is 33.2 Å². The van der Waals surface area contributed by atoms with Crippen LogP contribution in [0.5, 0.6) is 0 Å². The lowest BCUT2D eigenvalue weighted by Gasteiger charge is -2.26. The van der Waals surface area contributed by atoms with Crippen molar-refractivity contribution in [3.05, 3.63) is 71.8 Å². The molecule has 1 amide bonds. The van der Waals surface area contributed by atoms with Gasteiger partial charge in [0.25, 0.3) is 10.0 Å². The Hall–Kier alpha value is -2.31. The van der Waals surface area contributed by atoms with E-state index in [1.807, 2.05) is 0 Å². The number of nitrogens with zero attached hydrogens (tertiary/aromatic N) is 1. The summed E-state index contributed by atoms with van der Waals surface area (Å²) < 4.78 is 27.2. The van der Waals surface area contributed by atoms with Gasteiger partial charge in [-0.1, -0.05) is 41.9 Å². The molecule has 0 aliphatic rings. The molecule has 2 rings (SSSR count). The van der Waals surface area contributed by atoms with Crippen LogP contribution in [0.25, 0.3) is 0 Å². The molecule has 0 heterocycles. The van der Waals surface area contributed by atoms with Gasteiger partial charge in [-0.25, -0.2) is 8.42 Å². The van der Waals surface area contributed by atoms with E-state index in [1.54, 1.807) is 43.3 Å². The van der Waals surface area contributed by atoms with Crippen LogP contribution in [0.3, 0.4) is 0 Å². The van der Waals surface area contributed by atoms with Gasteiger partial charge in [-0.2, -0.15) is 0 Å². The van der Waals surface area contributed by atoms with Crippen LogP contribution < -0.4 is 9.62 Å². The van der Waals surface area contributed by atoms with Gasteiger partial charge in [-0.05, 0) is 36.8 Å². The average Bonchev–Trinajstić information content (AvgIpc) is 2.61. The number of carbonyl (C=O) groups excluding carboxylic acids is 1. The van der Waals surface area contributed by atoms with Crippen molar-refractivity contribution in [1.82, 2.24) is 5.32 Å². The fourth-order valence-electron chi connectivity index (χ4n) is 2.26. The van der Waals surface area contributed by atoms with Gasteiger partial charge < -0.3 is 5.32 Å². The third-order valence-electron chi connectivity index (χ3n) is 3.57. The van der Waals surface area contributed by atoms with Crippen molar-refractivity contribution in [2.75, 3.05) is 17.4 Å². The second kappa shape index (κ2) is 8.18. The van der Waals surface area contributed by atoms with Gasteiger partial charge in [0.2, 0.25) is 5.91 Å². The van der Waals surface area contributed by atoms with Crippen LogP contribution in [0, 0.1) is 6.92 Å². The van der Waals surface area contributed by atoms with Crippen LogP contribution >= 0.6 is 11.6 Å². The maximum Gasteiger partial charge on any atom is 0.264 e. The van der Waals surface area contributed by atoms with Crippen molar-refractivity contribution in [3.8, 4) is 0 Å². The minimum atomic E-state index is -3.93. The molecular formula is C18H19ClN2O3S. The summed E-state index contributed by atoms with van der Waals surface area (Å²) in [5.41, 5.74) is 0.949. The summed E-state index contributed by atoms with van der Waals surface area (Å²) >= 11 is 6.14. The summed E-state index contributed by atoms with van der Waals surface area (Å²) in [7, 11) is -3.93. The molecule has 2 aromatic carbocycles. The summed E-state index contributed by atoms with van der Waals surface area (Å²) in [6.07, 6.45) is 1.53. The normalized spacial score (nSPS) is 11.0. The SMILES string of the molecule is C=CCNC(=O)CN(c1cccc(Cl)c1C)S(=O)(=O)c1ccccc1. The number of nitrogens with one attached hydrogen (secondary N) is 1. The lowest BCUT2D eigenvalue weighted by Crippen LogP contribution is -2.41. The Bertz CT molecular complexity index is 867. The first-order chi connectivity index (χ1) is 11.9. The van der Waals surface area contributed by atoms with E-state index in [-0.39, 0.29) is 18.0 Å². The van der Waals surface area contributed by atoms with Crippen LogP contribution in [0.2, 0.25) is 5.02 Å². The Balaban J connectivity index is 2.51. The van der Waals surface area contributed by atoms with Crippen LogP contribution in [-0.4, -0.2) is 27.4 Å². The van der Waals surface area contributed by atoms with Gasteiger partial charge in [-0.3, -0.25) is 9.10 Å². The first kappa shape index (κ1) is 19.0. The van der Waals surface area contributed by atoms with Crippen molar-refractivity contribution < 1.29 is 13.2 Å². The maximum absolute atomic E-state index is 13.1. The molecule has 2 aromatic rings. The highest BCUT2D eigenvalue weighted by Gasteiger charge is 2.28. The highest BCUT2D eigenvalue weighted by atomic mass is 35.5. The van der Waals surface area contributed by atoms with Gasteiger partial charge in [0.15, 0.2) is 0 Å². The average molecular weight is 379 g/mol. The molecule has 0 unspecified atom stereocenters. The zero-order chi connectivity index (χ0) is 18.4. The molecule has 1 N–H and O–H groups in total. The standard InChI is InChI=1S/C18H19ClN2O3S/c1-3-12-20-18(22)13-21(17-11-7-10-16(19)14(17)2)25(23,24)15-8-5-4-6-9-15/h3-11H,1,12-13H2,2H3,(H,20,22). The first-order valence-electron chi connectivity index (χ1n) is 7.58. The Kier molecular flexibility index (Phi) is 6.22. The molecule has 0 spiro atoms. The van der Waals surface area contributed by atoms with Crippen molar-refractivity contribution in [2.45, 2.75) is 11.8 Å². The summed E-state index contributed by atoms with van der Waals surface area (Å²) in [4.78, 5) is 12.3. The van der Waals surface area contributed by atoms with Gasteiger partial charge >= 0.3 is 0 Å². The molecule has 0 aromatic heterocycles. The summed E-state index contributed by atoms with van der Waals surface area (Å²) in [5.74, 6) is -0.432. The predicted octanol–water partition coefficient (Wildman–Crippen LogP) is 3.15. The Labute approximate surface area is 153 Å². The van der Waals surface area contributed by atoms with E-state index in [4.69, 9.17) is 11.6 Å². The minimum absolute atomic E-state index is 0.103. The second-order valence-corrected chi connectivity index (χ2v) is 7.57. The monoisotopic (exact) mass is 378 g/mol. The number of benzene rings is 2. The van der Waals surface area contributed by atoms with Gasteiger partial charge in [0, 0.05) is 11.6 Å². The highest BCUT2D eigenvalue weighted by Crippen LogP contribution is 2.30. The van der Waals surface area contributed by atoms with Gasteiger partial charge in [0.1, 0.15) is 6.54 Å². The number of hydrogen-bond donors (Lipinski definition) is 1. The molecule has 0 saturated heterocycles. The third kappa shape index (κ3) is 4.41. The first-order valence-corrected chi connectivity index (χ1v) is 9.40. The molecule has 0 aliphatic carbocycles. The van der Waals surface area contributed by atoms with Crippen LogP contribution in [-0.2, 0) is 14.8 Å². The number of rotatable bonds is 7. The maximum atomic E-state index is 13.1. The molecule has 0 radical (unpaired) electrons. The Morgan fingerprint density at radius 1 is 1.20 bits per heavy atom. The quantitative estimate of drug-likeness (QED) is 0.752. The van der Waals surface area contributed by atoms with Gasteiger partial charge in [0.05, 0.1) is 10.6 Å². The summed E-state index contributed by atoms with van der Waals surface area (Å²) in [6, 6.07) is 12.9. The number of halogens is 1. The molecule has 0 aliphatic heterocycles. The number of sulfonamides is 1. The van der Waals surface area contributed by atoms with E-state index in [0.29, 0.717) is 16.3 Å². The fraction of sp³-hybridized carbons (Fsp3) is 0.167. The molecule has 0 atom stereocenters. The summed E-state index contributed by atoms with van der Waals surface area (Å²) in [5, 5.41) is 3.02. The van der Waals surface area contributed by atoms with Gasteiger partial charge in [-0.15, -0.1) is 6.58 Å². The minimum Gasteiger partial charge on any atom is -0.351 e. The van der Waals surface area contributed by atoms with Crippen molar-refractivity contribution in [3.63, 3.8) is 0 Å². The number of hydrogen-bond acceptors (Lipinski definition) is 3. The van der Waals surface area contributed by atoms with E-state index in [2.05, 4.69) is 11.9 Å². The van der Waals surface area contributed by atoms with Crippen molar-refractivity contribution in [2.24, 2.45) is 0 Å². The van der Waals surface area contributed by atoms with Crippen LogP contribution in [0.4, 0.5) is 5.69 Å². The molecule has 132 valence electrons. The van der Waals surface area contributed by atoms with Crippen molar-refractivity contribution in [1.29, 1.82) is 0 Å². The highest BCUT2D eigenvalue weighted by molar-refractivity contribution is 7.92. The molecule has 5 nitrogen and oxygen atoms in total. The van der Waals surface area contributed by atoms with E-state index < -0.39 is 15.9 Å². The molecule has 0 bridgehead atoms. The topological polar surface area (TPSA) is 66.5 Å². The smallest absolute Gasteiger partial charge is 0.264 e. The second-order valence-electron chi connectivity index (χ2n) is 5.30. The lowest BCUT2D eigenvalue weighted by molar-refractivity contribution is -0.119. The van der Waals surface area contributed by atoms with Crippen LogP contribution in [0.15, 0.2) is 66.1 Å². The zero-order valence-corrected chi connectivity index (χ0v) is 15.3. The van der Waals surface area contributed by atoms with E-state index in [9.17, 15) is 13.2 Å². The Morgan fingerprint density at radius 2 is 1.88 bits per heavy atom. The fourth-order valence-corrected chi connectivity index (χ4v) is 3.93. The van der Waals surface area contributed by atoms with E-state index >= 15 is 0 Å². The number of amides is 1. The molecule has 0 saturated carbocycles. The number of anilines is 1. The molecule has 25 heavy (non-hydrogen) atoms. The predicted molar refractivity (Wildman–Crippen MR) is 100 cm³/mol. The van der Waals surface area contributed by atoms with E-state index in [1.165, 1.54) is 18.2 Å². The Morgan fingerprint density at radius 3 is 2.52 bits per heavy atom.